The van der Waals surface area contributed by atoms with E-state index < -0.39 is 11.5 Å². The number of carbonyl (C=O) groups is 1. The molecule has 3 rings (SSSR count). The lowest BCUT2D eigenvalue weighted by atomic mass is 9.66. The summed E-state index contributed by atoms with van der Waals surface area (Å²) < 4.78 is 5.61. The van der Waals surface area contributed by atoms with E-state index in [0.29, 0.717) is 12.0 Å². The van der Waals surface area contributed by atoms with E-state index in [2.05, 4.69) is 5.32 Å². The van der Waals surface area contributed by atoms with Crippen LogP contribution in [-0.4, -0.2) is 35.9 Å². The highest BCUT2D eigenvalue weighted by atomic mass is 16.5. The highest BCUT2D eigenvalue weighted by molar-refractivity contribution is 5.79. The zero-order valence-electron chi connectivity index (χ0n) is 12.3. The fourth-order valence-electron chi connectivity index (χ4n) is 4.41. The van der Waals surface area contributed by atoms with Gasteiger partial charge in [0.25, 0.3) is 0 Å². The Hall–Kier alpha value is -0.610. The minimum atomic E-state index is -0.695. The smallest absolute Gasteiger partial charge is 0.323 e. The molecule has 1 saturated heterocycles. The highest BCUT2D eigenvalue weighted by Gasteiger charge is 2.47. The molecule has 2 aliphatic carbocycles. The molecule has 4 heteroatoms. The van der Waals surface area contributed by atoms with Crippen molar-refractivity contribution >= 4 is 5.97 Å². The summed E-state index contributed by atoms with van der Waals surface area (Å²) in [5, 5.41) is 13.0. The molecule has 0 bridgehead atoms. The molecule has 1 atom stereocenters. The average Bonchev–Trinajstić information content (AvgIpc) is 3.10. The summed E-state index contributed by atoms with van der Waals surface area (Å²) >= 11 is 0. The van der Waals surface area contributed by atoms with Gasteiger partial charge in [0.1, 0.15) is 5.54 Å². The van der Waals surface area contributed by atoms with E-state index >= 15 is 0 Å². The van der Waals surface area contributed by atoms with Crippen molar-refractivity contribution < 1.29 is 14.6 Å². The SMILES string of the molecule is O=C(O)C1(NCC2CCCO2)CCC2(CCCC2)CC1. The summed E-state index contributed by atoms with van der Waals surface area (Å²) in [5.41, 5.74) is -0.218. The summed E-state index contributed by atoms with van der Waals surface area (Å²) in [5.74, 6) is -0.664. The highest BCUT2D eigenvalue weighted by Crippen LogP contribution is 2.51. The molecule has 0 aromatic heterocycles. The summed E-state index contributed by atoms with van der Waals surface area (Å²) in [6, 6.07) is 0. The second kappa shape index (κ2) is 5.64. The van der Waals surface area contributed by atoms with Gasteiger partial charge >= 0.3 is 5.97 Å². The maximum Gasteiger partial charge on any atom is 0.323 e. The summed E-state index contributed by atoms with van der Waals surface area (Å²) in [6.45, 7) is 1.52. The fraction of sp³-hybridized carbons (Fsp3) is 0.938. The van der Waals surface area contributed by atoms with Gasteiger partial charge in [-0.1, -0.05) is 12.8 Å². The Labute approximate surface area is 121 Å². The molecule has 114 valence electrons. The van der Waals surface area contributed by atoms with Crippen molar-refractivity contribution in [2.75, 3.05) is 13.2 Å². The van der Waals surface area contributed by atoms with Crippen LogP contribution in [0.1, 0.15) is 64.2 Å². The van der Waals surface area contributed by atoms with Crippen molar-refractivity contribution in [1.29, 1.82) is 0 Å². The number of carboxylic acid groups (broad SMARTS) is 1. The van der Waals surface area contributed by atoms with E-state index in [-0.39, 0.29) is 6.10 Å². The minimum Gasteiger partial charge on any atom is -0.480 e. The molecule has 3 fully saturated rings. The molecule has 1 unspecified atom stereocenters. The maximum atomic E-state index is 11.8. The van der Waals surface area contributed by atoms with Crippen molar-refractivity contribution in [2.24, 2.45) is 5.41 Å². The Balaban J connectivity index is 1.59. The Morgan fingerprint density at radius 3 is 2.35 bits per heavy atom. The van der Waals surface area contributed by atoms with Gasteiger partial charge in [-0.25, -0.2) is 0 Å². The molecule has 0 aromatic rings. The van der Waals surface area contributed by atoms with Crippen LogP contribution in [0.4, 0.5) is 0 Å². The molecule has 3 aliphatic rings. The van der Waals surface area contributed by atoms with E-state index in [1.54, 1.807) is 0 Å². The lowest BCUT2D eigenvalue weighted by molar-refractivity contribution is -0.148. The van der Waals surface area contributed by atoms with Crippen LogP contribution in [0.15, 0.2) is 0 Å². The van der Waals surface area contributed by atoms with Gasteiger partial charge in [0.2, 0.25) is 0 Å². The summed E-state index contributed by atoms with van der Waals surface area (Å²) in [4.78, 5) is 11.8. The largest absolute Gasteiger partial charge is 0.480 e. The molecule has 1 aliphatic heterocycles. The van der Waals surface area contributed by atoms with Crippen LogP contribution in [-0.2, 0) is 9.53 Å². The molecule has 1 heterocycles. The fourth-order valence-corrected chi connectivity index (χ4v) is 4.41. The molecule has 0 amide bonds. The van der Waals surface area contributed by atoms with Crippen LogP contribution < -0.4 is 5.32 Å². The number of carboxylic acids is 1. The third-order valence-electron chi connectivity index (χ3n) is 5.93. The molecular formula is C16H27NO3. The first-order valence-electron chi connectivity index (χ1n) is 8.24. The average molecular weight is 281 g/mol. The van der Waals surface area contributed by atoms with Gasteiger partial charge in [0.05, 0.1) is 6.10 Å². The first-order valence-corrected chi connectivity index (χ1v) is 8.24. The topological polar surface area (TPSA) is 58.6 Å². The Morgan fingerprint density at radius 2 is 1.80 bits per heavy atom. The summed E-state index contributed by atoms with van der Waals surface area (Å²) in [7, 11) is 0. The monoisotopic (exact) mass is 281 g/mol. The second-order valence-corrected chi connectivity index (χ2v) is 7.11. The molecule has 2 N–H and O–H groups in total. The predicted octanol–water partition coefficient (Wildman–Crippen LogP) is 2.71. The van der Waals surface area contributed by atoms with Crippen molar-refractivity contribution in [1.82, 2.24) is 5.32 Å². The first-order chi connectivity index (χ1) is 9.64. The van der Waals surface area contributed by atoms with E-state index in [9.17, 15) is 9.90 Å². The predicted molar refractivity (Wildman–Crippen MR) is 76.7 cm³/mol. The molecule has 0 aromatic carbocycles. The van der Waals surface area contributed by atoms with Crippen LogP contribution in [0.2, 0.25) is 0 Å². The zero-order chi connectivity index (χ0) is 14.1. The van der Waals surface area contributed by atoms with Gasteiger partial charge in [-0.05, 0) is 56.8 Å². The Bertz CT molecular complexity index is 341. The quantitative estimate of drug-likeness (QED) is 0.832. The number of hydrogen-bond donors (Lipinski definition) is 2. The normalized spacial score (nSPS) is 31.7. The standard InChI is InChI=1S/C16H27NO3/c18-14(19)16(17-12-13-4-3-11-20-13)9-7-15(8-10-16)5-1-2-6-15/h13,17H,1-12H2,(H,18,19). The number of rotatable bonds is 4. The van der Waals surface area contributed by atoms with Gasteiger partial charge in [-0.2, -0.15) is 0 Å². The Morgan fingerprint density at radius 1 is 1.10 bits per heavy atom. The van der Waals surface area contributed by atoms with Crippen molar-refractivity contribution in [3.05, 3.63) is 0 Å². The summed E-state index contributed by atoms with van der Waals surface area (Å²) in [6.07, 6.45) is 11.4. The number of ether oxygens (including phenoxy) is 1. The second-order valence-electron chi connectivity index (χ2n) is 7.11. The van der Waals surface area contributed by atoms with Gasteiger partial charge in [-0.3, -0.25) is 10.1 Å². The van der Waals surface area contributed by atoms with E-state index in [1.165, 1.54) is 25.7 Å². The van der Waals surface area contributed by atoms with Gasteiger partial charge in [0.15, 0.2) is 0 Å². The lowest BCUT2D eigenvalue weighted by Crippen LogP contribution is -2.57. The van der Waals surface area contributed by atoms with Gasteiger partial charge in [-0.15, -0.1) is 0 Å². The molecule has 1 spiro atoms. The van der Waals surface area contributed by atoms with Crippen LogP contribution in [0, 0.1) is 5.41 Å². The van der Waals surface area contributed by atoms with Crippen LogP contribution in [0.5, 0.6) is 0 Å². The van der Waals surface area contributed by atoms with Gasteiger partial charge < -0.3 is 9.84 Å². The molecule has 20 heavy (non-hydrogen) atoms. The lowest BCUT2D eigenvalue weighted by Gasteiger charge is -2.43. The molecule has 4 nitrogen and oxygen atoms in total. The van der Waals surface area contributed by atoms with Crippen molar-refractivity contribution in [3.8, 4) is 0 Å². The van der Waals surface area contributed by atoms with E-state index in [1.807, 2.05) is 0 Å². The minimum absolute atomic E-state index is 0.216. The Kier molecular flexibility index (Phi) is 4.04. The van der Waals surface area contributed by atoms with E-state index in [0.717, 1.165) is 45.1 Å². The zero-order valence-corrected chi connectivity index (χ0v) is 12.3. The maximum absolute atomic E-state index is 11.8. The molecular weight excluding hydrogens is 254 g/mol. The van der Waals surface area contributed by atoms with Gasteiger partial charge in [0, 0.05) is 13.2 Å². The third kappa shape index (κ3) is 2.73. The van der Waals surface area contributed by atoms with E-state index in [4.69, 9.17) is 4.74 Å². The van der Waals surface area contributed by atoms with Crippen LogP contribution >= 0.6 is 0 Å². The molecule has 0 radical (unpaired) electrons. The number of hydrogen-bond acceptors (Lipinski definition) is 3. The van der Waals surface area contributed by atoms with Crippen molar-refractivity contribution in [3.63, 3.8) is 0 Å². The first kappa shape index (κ1) is 14.3. The van der Waals surface area contributed by atoms with Crippen LogP contribution in [0.25, 0.3) is 0 Å². The molecule has 2 saturated carbocycles. The number of nitrogens with one attached hydrogen (secondary N) is 1. The van der Waals surface area contributed by atoms with Crippen LogP contribution in [0.3, 0.4) is 0 Å². The third-order valence-corrected chi connectivity index (χ3v) is 5.93. The number of aliphatic carboxylic acids is 1. The van der Waals surface area contributed by atoms with Crippen molar-refractivity contribution in [2.45, 2.75) is 75.9 Å².